The van der Waals surface area contributed by atoms with E-state index < -0.39 is 0 Å². The fourth-order valence-electron chi connectivity index (χ4n) is 2.73. The molecule has 0 spiro atoms. The maximum atomic E-state index is 11.6. The molecule has 1 atom stereocenters. The standard InChI is InChI=1S/C16H17ClN2OS/c1-18-15(16-12(17)7-8-21-16)11-5-6-13-10(9-11)3-2-4-14(20)19-13/h5-9,15,18H,2-4H2,1H3,(H,19,20). The molecule has 2 aromatic rings. The number of rotatable bonds is 3. The number of halogens is 1. The fourth-order valence-corrected chi connectivity index (χ4v) is 4.04. The van der Waals surface area contributed by atoms with Crippen LogP contribution in [0.5, 0.6) is 0 Å². The zero-order valence-electron chi connectivity index (χ0n) is 11.8. The van der Waals surface area contributed by atoms with Gasteiger partial charge in [0.2, 0.25) is 5.91 Å². The number of benzene rings is 1. The molecule has 0 saturated carbocycles. The van der Waals surface area contributed by atoms with E-state index in [4.69, 9.17) is 11.6 Å². The maximum Gasteiger partial charge on any atom is 0.224 e. The van der Waals surface area contributed by atoms with E-state index in [1.165, 1.54) is 11.1 Å². The quantitative estimate of drug-likeness (QED) is 0.898. The Bertz CT molecular complexity index is 668. The molecule has 2 heterocycles. The van der Waals surface area contributed by atoms with Gasteiger partial charge in [-0.2, -0.15) is 0 Å². The number of amides is 1. The molecule has 1 amide bonds. The lowest BCUT2D eigenvalue weighted by atomic mass is 9.99. The van der Waals surface area contributed by atoms with Crippen molar-refractivity contribution in [3.8, 4) is 0 Å². The second-order valence-electron chi connectivity index (χ2n) is 5.17. The maximum absolute atomic E-state index is 11.6. The first-order chi connectivity index (χ1) is 10.2. The number of hydrogen-bond acceptors (Lipinski definition) is 3. The minimum absolute atomic E-state index is 0.0850. The van der Waals surface area contributed by atoms with Crippen LogP contribution in [-0.4, -0.2) is 13.0 Å². The molecule has 5 heteroatoms. The number of thiophene rings is 1. The molecule has 1 aromatic heterocycles. The summed E-state index contributed by atoms with van der Waals surface area (Å²) in [5.74, 6) is 0.105. The molecule has 1 aliphatic rings. The summed E-state index contributed by atoms with van der Waals surface area (Å²) in [5, 5.41) is 9.10. The smallest absolute Gasteiger partial charge is 0.224 e. The van der Waals surface area contributed by atoms with Crippen LogP contribution in [0.2, 0.25) is 5.02 Å². The number of nitrogens with one attached hydrogen (secondary N) is 2. The van der Waals surface area contributed by atoms with Crippen molar-refractivity contribution < 1.29 is 4.79 Å². The molecule has 1 unspecified atom stereocenters. The molecule has 110 valence electrons. The first kappa shape index (κ1) is 14.6. The van der Waals surface area contributed by atoms with Crippen LogP contribution in [0.3, 0.4) is 0 Å². The average molecular weight is 321 g/mol. The van der Waals surface area contributed by atoms with E-state index in [-0.39, 0.29) is 11.9 Å². The van der Waals surface area contributed by atoms with E-state index in [0.717, 1.165) is 28.4 Å². The van der Waals surface area contributed by atoms with Gasteiger partial charge in [-0.15, -0.1) is 11.3 Å². The van der Waals surface area contributed by atoms with Gasteiger partial charge in [-0.05, 0) is 48.5 Å². The second-order valence-corrected chi connectivity index (χ2v) is 6.53. The van der Waals surface area contributed by atoms with Crippen LogP contribution in [0, 0.1) is 0 Å². The summed E-state index contributed by atoms with van der Waals surface area (Å²) in [5.41, 5.74) is 3.32. The molecular formula is C16H17ClN2OS. The molecule has 3 rings (SSSR count). The lowest BCUT2D eigenvalue weighted by molar-refractivity contribution is -0.116. The minimum atomic E-state index is 0.0850. The van der Waals surface area contributed by atoms with Crippen molar-refractivity contribution in [1.82, 2.24) is 5.32 Å². The first-order valence-corrected chi connectivity index (χ1v) is 8.27. The summed E-state index contributed by atoms with van der Waals surface area (Å²) in [6, 6.07) is 8.25. The lowest BCUT2D eigenvalue weighted by Crippen LogP contribution is -2.17. The zero-order valence-corrected chi connectivity index (χ0v) is 13.4. The van der Waals surface area contributed by atoms with E-state index in [1.54, 1.807) is 11.3 Å². The van der Waals surface area contributed by atoms with Crippen molar-refractivity contribution in [2.24, 2.45) is 0 Å². The van der Waals surface area contributed by atoms with Crippen LogP contribution >= 0.6 is 22.9 Å². The van der Waals surface area contributed by atoms with Gasteiger partial charge in [0, 0.05) is 17.0 Å². The Morgan fingerprint density at radius 2 is 2.19 bits per heavy atom. The number of anilines is 1. The van der Waals surface area contributed by atoms with Crippen molar-refractivity contribution in [2.45, 2.75) is 25.3 Å². The molecule has 0 aliphatic carbocycles. The summed E-state index contributed by atoms with van der Waals surface area (Å²) in [6.07, 6.45) is 2.42. The van der Waals surface area contributed by atoms with Gasteiger partial charge < -0.3 is 10.6 Å². The number of hydrogen-bond donors (Lipinski definition) is 2. The van der Waals surface area contributed by atoms with Gasteiger partial charge in [0.15, 0.2) is 0 Å². The van der Waals surface area contributed by atoms with E-state index >= 15 is 0 Å². The Morgan fingerprint density at radius 1 is 1.33 bits per heavy atom. The Kier molecular flexibility index (Phi) is 4.29. The molecule has 1 aromatic carbocycles. The minimum Gasteiger partial charge on any atom is -0.326 e. The largest absolute Gasteiger partial charge is 0.326 e. The van der Waals surface area contributed by atoms with Crippen molar-refractivity contribution in [2.75, 3.05) is 12.4 Å². The van der Waals surface area contributed by atoms with Crippen LogP contribution in [0.4, 0.5) is 5.69 Å². The van der Waals surface area contributed by atoms with E-state index in [2.05, 4.69) is 22.8 Å². The molecule has 0 radical (unpaired) electrons. The number of carbonyl (C=O) groups excluding carboxylic acids is 1. The predicted molar refractivity (Wildman–Crippen MR) is 88.2 cm³/mol. The van der Waals surface area contributed by atoms with Crippen molar-refractivity contribution in [3.05, 3.63) is 50.7 Å². The molecule has 3 nitrogen and oxygen atoms in total. The molecule has 2 N–H and O–H groups in total. The highest BCUT2D eigenvalue weighted by atomic mass is 35.5. The Labute approximate surface area is 133 Å². The second kappa shape index (κ2) is 6.18. The normalized spacial score (nSPS) is 16.0. The summed E-state index contributed by atoms with van der Waals surface area (Å²) < 4.78 is 0. The number of fused-ring (bicyclic) bond motifs is 1. The van der Waals surface area contributed by atoms with Gasteiger partial charge in [-0.3, -0.25) is 4.79 Å². The summed E-state index contributed by atoms with van der Waals surface area (Å²) >= 11 is 7.92. The summed E-state index contributed by atoms with van der Waals surface area (Å²) in [4.78, 5) is 12.7. The summed E-state index contributed by atoms with van der Waals surface area (Å²) in [6.45, 7) is 0. The van der Waals surface area contributed by atoms with Gasteiger partial charge in [0.1, 0.15) is 0 Å². The van der Waals surface area contributed by atoms with E-state index in [0.29, 0.717) is 6.42 Å². The number of carbonyl (C=O) groups is 1. The van der Waals surface area contributed by atoms with Crippen LogP contribution in [0.1, 0.15) is 34.9 Å². The van der Waals surface area contributed by atoms with Crippen LogP contribution in [-0.2, 0) is 11.2 Å². The van der Waals surface area contributed by atoms with Crippen molar-refractivity contribution in [1.29, 1.82) is 0 Å². The highest BCUT2D eigenvalue weighted by Crippen LogP contribution is 2.34. The topological polar surface area (TPSA) is 41.1 Å². The summed E-state index contributed by atoms with van der Waals surface area (Å²) in [7, 11) is 1.94. The highest BCUT2D eigenvalue weighted by Gasteiger charge is 2.19. The van der Waals surface area contributed by atoms with Gasteiger partial charge in [0.05, 0.1) is 11.1 Å². The van der Waals surface area contributed by atoms with Gasteiger partial charge in [0.25, 0.3) is 0 Å². The third-order valence-corrected chi connectivity index (χ3v) is 5.21. The van der Waals surface area contributed by atoms with Crippen molar-refractivity contribution >= 4 is 34.5 Å². The van der Waals surface area contributed by atoms with Gasteiger partial charge in [-0.25, -0.2) is 0 Å². The molecule has 21 heavy (non-hydrogen) atoms. The molecular weight excluding hydrogens is 304 g/mol. The van der Waals surface area contributed by atoms with Gasteiger partial charge in [-0.1, -0.05) is 23.7 Å². The third-order valence-electron chi connectivity index (χ3n) is 3.78. The molecule has 0 fully saturated rings. The van der Waals surface area contributed by atoms with Crippen LogP contribution < -0.4 is 10.6 Å². The van der Waals surface area contributed by atoms with E-state index in [9.17, 15) is 4.79 Å². The lowest BCUT2D eigenvalue weighted by Gasteiger charge is -2.18. The predicted octanol–water partition coefficient (Wildman–Crippen LogP) is 3.99. The Morgan fingerprint density at radius 3 is 2.90 bits per heavy atom. The SMILES string of the molecule is CNC(c1ccc2c(c1)CCCC(=O)N2)c1sccc1Cl. The molecule has 0 saturated heterocycles. The first-order valence-electron chi connectivity index (χ1n) is 7.02. The monoisotopic (exact) mass is 320 g/mol. The Balaban J connectivity index is 1.97. The van der Waals surface area contributed by atoms with Crippen LogP contribution in [0.15, 0.2) is 29.6 Å². The zero-order chi connectivity index (χ0) is 14.8. The average Bonchev–Trinajstić information content (AvgIpc) is 2.79. The van der Waals surface area contributed by atoms with Crippen LogP contribution in [0.25, 0.3) is 0 Å². The molecule has 1 aliphatic heterocycles. The van der Waals surface area contributed by atoms with Gasteiger partial charge >= 0.3 is 0 Å². The van der Waals surface area contributed by atoms with Crippen molar-refractivity contribution in [3.63, 3.8) is 0 Å². The third kappa shape index (κ3) is 2.98. The molecule has 0 bridgehead atoms. The highest BCUT2D eigenvalue weighted by molar-refractivity contribution is 7.10. The number of aryl methyl sites for hydroxylation is 1. The fraction of sp³-hybridized carbons (Fsp3) is 0.312. The van der Waals surface area contributed by atoms with E-state index in [1.807, 2.05) is 24.6 Å². The Hall–Kier alpha value is -1.36.